The Kier molecular flexibility index (Phi) is 4.63. The van der Waals surface area contributed by atoms with E-state index in [9.17, 15) is 0 Å². The van der Waals surface area contributed by atoms with E-state index >= 15 is 0 Å². The molecule has 5 rings (SSSR count). The Balaban J connectivity index is 1.68. The first kappa shape index (κ1) is 19.0. The molecule has 0 N–H and O–H groups in total. The molecule has 0 unspecified atom stereocenters. The molecule has 0 atom stereocenters. The summed E-state index contributed by atoms with van der Waals surface area (Å²) in [6.07, 6.45) is 2.09. The highest BCUT2D eigenvalue weighted by Crippen LogP contribution is 2.53. The van der Waals surface area contributed by atoms with Crippen LogP contribution in [0.2, 0.25) is 5.28 Å². The SMILES string of the molecule is CCC1(CC)c2ccccc2-c2ccc(-c3nc(Cl)nc(-c4ccccc4)n3)cc21. The summed E-state index contributed by atoms with van der Waals surface area (Å²) in [6, 6.07) is 25.2. The van der Waals surface area contributed by atoms with Crippen LogP contribution >= 0.6 is 11.6 Å². The summed E-state index contributed by atoms with van der Waals surface area (Å²) in [5, 5.41) is 0.208. The van der Waals surface area contributed by atoms with Gasteiger partial charge < -0.3 is 0 Å². The quantitative estimate of drug-likeness (QED) is 0.365. The van der Waals surface area contributed by atoms with Crippen molar-refractivity contribution in [1.29, 1.82) is 0 Å². The molecule has 1 heterocycles. The monoisotopic (exact) mass is 411 g/mol. The van der Waals surface area contributed by atoms with Gasteiger partial charge in [-0.2, -0.15) is 9.97 Å². The van der Waals surface area contributed by atoms with Crippen molar-refractivity contribution in [2.45, 2.75) is 32.1 Å². The van der Waals surface area contributed by atoms with Gasteiger partial charge >= 0.3 is 0 Å². The molecule has 30 heavy (non-hydrogen) atoms. The van der Waals surface area contributed by atoms with Gasteiger partial charge in [0.25, 0.3) is 0 Å². The van der Waals surface area contributed by atoms with Gasteiger partial charge in [0, 0.05) is 16.5 Å². The summed E-state index contributed by atoms with van der Waals surface area (Å²) in [6.45, 7) is 4.55. The van der Waals surface area contributed by atoms with Gasteiger partial charge in [0.15, 0.2) is 11.6 Å². The Morgan fingerprint density at radius 2 is 1.30 bits per heavy atom. The van der Waals surface area contributed by atoms with E-state index in [1.54, 1.807) is 0 Å². The van der Waals surface area contributed by atoms with E-state index in [1.807, 2.05) is 30.3 Å². The molecule has 1 aromatic heterocycles. The fourth-order valence-electron chi connectivity index (χ4n) is 4.80. The zero-order valence-electron chi connectivity index (χ0n) is 17.1. The molecular formula is C26H22ClN3. The van der Waals surface area contributed by atoms with Crippen molar-refractivity contribution in [1.82, 2.24) is 15.0 Å². The smallest absolute Gasteiger partial charge is 0.208 e. The van der Waals surface area contributed by atoms with Crippen molar-refractivity contribution in [3.63, 3.8) is 0 Å². The number of nitrogens with zero attached hydrogens (tertiary/aromatic N) is 3. The minimum atomic E-state index is 0.0149. The number of rotatable bonds is 4. The standard InChI is InChI=1S/C26H22ClN3/c1-3-26(4-2)21-13-9-8-12-19(21)20-15-14-18(16-22(20)26)24-28-23(29-25(27)30-24)17-10-6-5-7-11-17/h5-16H,3-4H2,1-2H3. The molecule has 0 spiro atoms. The highest BCUT2D eigenvalue weighted by molar-refractivity contribution is 6.28. The zero-order valence-corrected chi connectivity index (χ0v) is 17.8. The first-order valence-corrected chi connectivity index (χ1v) is 10.8. The number of hydrogen-bond acceptors (Lipinski definition) is 3. The van der Waals surface area contributed by atoms with Crippen molar-refractivity contribution in [2.24, 2.45) is 0 Å². The van der Waals surface area contributed by atoms with Crippen LogP contribution in [0, 0.1) is 0 Å². The lowest BCUT2D eigenvalue weighted by atomic mass is 9.73. The Labute approximate surface area is 181 Å². The van der Waals surface area contributed by atoms with Gasteiger partial charge in [-0.05, 0) is 52.8 Å². The molecule has 0 fully saturated rings. The van der Waals surface area contributed by atoms with Crippen LogP contribution in [0.1, 0.15) is 37.8 Å². The first-order chi connectivity index (χ1) is 14.7. The number of hydrogen-bond donors (Lipinski definition) is 0. The van der Waals surface area contributed by atoms with Gasteiger partial charge in [-0.1, -0.05) is 80.6 Å². The van der Waals surface area contributed by atoms with Crippen molar-refractivity contribution < 1.29 is 0 Å². The molecular weight excluding hydrogens is 390 g/mol. The Morgan fingerprint density at radius 3 is 2.03 bits per heavy atom. The maximum Gasteiger partial charge on any atom is 0.226 e. The third-order valence-corrected chi connectivity index (χ3v) is 6.54. The average Bonchev–Trinajstić information content (AvgIpc) is 3.09. The van der Waals surface area contributed by atoms with E-state index in [2.05, 4.69) is 66.3 Å². The van der Waals surface area contributed by atoms with E-state index < -0.39 is 0 Å². The summed E-state index contributed by atoms with van der Waals surface area (Å²) in [7, 11) is 0. The zero-order chi connectivity index (χ0) is 20.7. The van der Waals surface area contributed by atoms with Crippen LogP contribution in [0.15, 0.2) is 72.8 Å². The normalized spacial score (nSPS) is 13.7. The van der Waals surface area contributed by atoms with Crippen LogP contribution in [-0.2, 0) is 5.41 Å². The largest absolute Gasteiger partial charge is 0.226 e. The Bertz CT molecular complexity index is 1230. The van der Waals surface area contributed by atoms with Gasteiger partial charge in [0.2, 0.25) is 5.28 Å². The van der Waals surface area contributed by atoms with E-state index in [4.69, 9.17) is 16.6 Å². The lowest BCUT2D eigenvalue weighted by Gasteiger charge is -2.29. The molecule has 0 aliphatic heterocycles. The maximum atomic E-state index is 6.29. The van der Waals surface area contributed by atoms with Crippen molar-refractivity contribution in [3.05, 3.63) is 89.2 Å². The highest BCUT2D eigenvalue weighted by Gasteiger charge is 2.40. The second-order valence-corrected chi connectivity index (χ2v) is 8.05. The predicted octanol–water partition coefficient (Wildman–Crippen LogP) is 6.95. The van der Waals surface area contributed by atoms with Crippen LogP contribution in [0.25, 0.3) is 33.9 Å². The molecule has 3 nitrogen and oxygen atoms in total. The third kappa shape index (κ3) is 2.85. The van der Waals surface area contributed by atoms with Gasteiger partial charge in [-0.3, -0.25) is 0 Å². The van der Waals surface area contributed by atoms with Crippen LogP contribution in [0.3, 0.4) is 0 Å². The van der Waals surface area contributed by atoms with E-state index in [0.717, 1.165) is 24.0 Å². The molecule has 1 aliphatic rings. The molecule has 0 bridgehead atoms. The number of halogens is 1. The summed E-state index contributed by atoms with van der Waals surface area (Å²) in [5.41, 5.74) is 7.32. The van der Waals surface area contributed by atoms with Gasteiger partial charge in [0.05, 0.1) is 0 Å². The van der Waals surface area contributed by atoms with Crippen LogP contribution < -0.4 is 0 Å². The molecule has 4 aromatic rings. The fourth-order valence-corrected chi connectivity index (χ4v) is 4.96. The number of aromatic nitrogens is 3. The van der Waals surface area contributed by atoms with Crippen LogP contribution in [0.5, 0.6) is 0 Å². The topological polar surface area (TPSA) is 38.7 Å². The Hall–Kier alpha value is -3.04. The molecule has 1 aliphatic carbocycles. The lowest BCUT2D eigenvalue weighted by Crippen LogP contribution is -2.23. The van der Waals surface area contributed by atoms with Crippen molar-refractivity contribution in [3.8, 4) is 33.9 Å². The van der Waals surface area contributed by atoms with E-state index in [1.165, 1.54) is 22.3 Å². The minimum absolute atomic E-state index is 0.0149. The van der Waals surface area contributed by atoms with E-state index in [0.29, 0.717) is 11.6 Å². The van der Waals surface area contributed by atoms with Crippen molar-refractivity contribution >= 4 is 11.6 Å². The molecule has 148 valence electrons. The number of fused-ring (bicyclic) bond motifs is 3. The summed E-state index contributed by atoms with van der Waals surface area (Å²) in [4.78, 5) is 13.5. The molecule has 3 aromatic carbocycles. The fraction of sp³-hybridized carbons (Fsp3) is 0.192. The second-order valence-electron chi connectivity index (χ2n) is 7.71. The van der Waals surface area contributed by atoms with E-state index in [-0.39, 0.29) is 10.7 Å². The molecule has 0 saturated heterocycles. The first-order valence-electron chi connectivity index (χ1n) is 10.4. The molecule has 4 heteroatoms. The third-order valence-electron chi connectivity index (χ3n) is 6.37. The highest BCUT2D eigenvalue weighted by atomic mass is 35.5. The lowest BCUT2D eigenvalue weighted by molar-refractivity contribution is 0.490. The number of benzene rings is 3. The maximum absolute atomic E-state index is 6.29. The summed E-state index contributed by atoms with van der Waals surface area (Å²) in [5.74, 6) is 1.19. The average molecular weight is 412 g/mol. The molecule has 0 radical (unpaired) electrons. The molecule has 0 saturated carbocycles. The van der Waals surface area contributed by atoms with Gasteiger partial charge in [0.1, 0.15) is 0 Å². The minimum Gasteiger partial charge on any atom is -0.208 e. The summed E-state index contributed by atoms with van der Waals surface area (Å²) >= 11 is 6.29. The van der Waals surface area contributed by atoms with Crippen molar-refractivity contribution in [2.75, 3.05) is 0 Å². The Morgan fingerprint density at radius 1 is 0.667 bits per heavy atom. The van der Waals surface area contributed by atoms with Crippen LogP contribution in [-0.4, -0.2) is 15.0 Å². The van der Waals surface area contributed by atoms with Gasteiger partial charge in [-0.25, -0.2) is 4.98 Å². The van der Waals surface area contributed by atoms with Crippen LogP contribution in [0.4, 0.5) is 0 Å². The second kappa shape index (κ2) is 7.33. The molecule has 0 amide bonds. The van der Waals surface area contributed by atoms with Gasteiger partial charge in [-0.15, -0.1) is 0 Å². The summed E-state index contributed by atoms with van der Waals surface area (Å²) < 4.78 is 0. The predicted molar refractivity (Wildman–Crippen MR) is 123 cm³/mol.